The van der Waals surface area contributed by atoms with Crippen LogP contribution in [0, 0.1) is 0 Å². The molecule has 0 aromatic carbocycles. The number of nitrogens with zero attached hydrogens (tertiary/aromatic N) is 7. The van der Waals surface area contributed by atoms with Crippen LogP contribution in [0.25, 0.3) is 11.2 Å². The van der Waals surface area contributed by atoms with E-state index in [-0.39, 0.29) is 17.0 Å². The van der Waals surface area contributed by atoms with E-state index < -0.39 is 77.9 Å². The summed E-state index contributed by atoms with van der Waals surface area (Å²) in [6, 6.07) is 0. The number of phosphoric ester groups is 2. The molecule has 304 valence electrons. The van der Waals surface area contributed by atoms with E-state index in [0.717, 1.165) is 25.0 Å². The Morgan fingerprint density at radius 3 is 1.94 bits per heavy atom. The van der Waals surface area contributed by atoms with Crippen LogP contribution in [0.15, 0.2) is 18.9 Å². The molecule has 2 unspecified atom stereocenters. The van der Waals surface area contributed by atoms with Gasteiger partial charge < -0.3 is 45.4 Å². The quantitative estimate of drug-likeness (QED) is 0.0431. The zero-order valence-corrected chi connectivity index (χ0v) is 32.2. The lowest BCUT2D eigenvalue weighted by atomic mass is 10.1. The highest BCUT2D eigenvalue weighted by atomic mass is 31.3. The van der Waals surface area contributed by atoms with E-state index in [2.05, 4.69) is 31.4 Å². The molecular formula is C31H53N8O13P2+. The number of anilines is 1. The highest BCUT2D eigenvalue weighted by molar-refractivity contribution is 7.61. The molecule has 21 nitrogen and oxygen atoms in total. The van der Waals surface area contributed by atoms with Gasteiger partial charge in [-0.3, -0.25) is 13.6 Å². The Kier molecular flexibility index (Phi) is 15.1. The number of phosphoric acid groups is 2. The molecule has 23 heteroatoms. The Labute approximate surface area is 312 Å². The van der Waals surface area contributed by atoms with Crippen molar-refractivity contribution in [2.45, 2.75) is 140 Å². The number of unbranched alkanes of at least 4 members (excludes halogenated alkanes) is 9. The number of nitrogen functional groups attached to an aromatic ring is 1. The lowest BCUT2D eigenvalue weighted by molar-refractivity contribution is -0.752. The maximum Gasteiger partial charge on any atom is 0.481 e. The summed E-state index contributed by atoms with van der Waals surface area (Å²) in [4.78, 5) is 32.4. The summed E-state index contributed by atoms with van der Waals surface area (Å²) in [5, 5.41) is 47.2. The molecule has 2 fully saturated rings. The molecule has 0 saturated carbocycles. The number of rotatable bonds is 22. The van der Waals surface area contributed by atoms with Crippen LogP contribution >= 0.6 is 15.6 Å². The first-order valence-electron chi connectivity index (χ1n) is 18.4. The van der Waals surface area contributed by atoms with Crippen LogP contribution in [0.2, 0.25) is 0 Å². The van der Waals surface area contributed by atoms with Crippen LogP contribution in [0.3, 0.4) is 0 Å². The number of aliphatic hydroxyl groups is 4. The zero-order chi connectivity index (χ0) is 39.0. The van der Waals surface area contributed by atoms with Crippen LogP contribution < -0.4 is 10.4 Å². The van der Waals surface area contributed by atoms with Crippen LogP contribution in [-0.4, -0.2) is 109 Å². The van der Waals surface area contributed by atoms with E-state index in [1.165, 1.54) is 66.8 Å². The van der Waals surface area contributed by atoms with Crippen LogP contribution in [0.5, 0.6) is 0 Å². The maximum atomic E-state index is 12.7. The van der Waals surface area contributed by atoms with Crippen molar-refractivity contribution in [3.63, 3.8) is 0 Å². The first-order valence-corrected chi connectivity index (χ1v) is 21.3. The van der Waals surface area contributed by atoms with Crippen molar-refractivity contribution in [1.82, 2.24) is 29.4 Å². The highest BCUT2D eigenvalue weighted by Gasteiger charge is 2.50. The molecule has 8 N–H and O–H groups in total. The molecule has 5 heterocycles. The van der Waals surface area contributed by atoms with Crippen molar-refractivity contribution in [2.24, 2.45) is 0 Å². The molecule has 0 bridgehead atoms. The maximum absolute atomic E-state index is 12.7. The number of imidazole rings is 1. The number of fused-ring (bicyclic) bond motifs is 1. The summed E-state index contributed by atoms with van der Waals surface area (Å²) in [7, 11) is -10.7. The van der Waals surface area contributed by atoms with Gasteiger partial charge in [-0.2, -0.15) is 4.31 Å². The zero-order valence-electron chi connectivity index (χ0n) is 30.4. The molecule has 54 heavy (non-hydrogen) atoms. The van der Waals surface area contributed by atoms with Crippen LogP contribution in [-0.2, 0) is 44.9 Å². The van der Waals surface area contributed by atoms with Gasteiger partial charge in [0.05, 0.1) is 24.8 Å². The minimum Gasteiger partial charge on any atom is -0.387 e. The van der Waals surface area contributed by atoms with Crippen LogP contribution in [0.4, 0.5) is 5.82 Å². The molecule has 10 atom stereocenters. The van der Waals surface area contributed by atoms with Crippen molar-refractivity contribution >= 4 is 32.6 Å². The van der Waals surface area contributed by atoms with Crippen molar-refractivity contribution in [3.05, 3.63) is 24.5 Å². The summed E-state index contributed by atoms with van der Waals surface area (Å²) >= 11 is 0. The van der Waals surface area contributed by atoms with Gasteiger partial charge in [-0.05, 0) is 13.3 Å². The van der Waals surface area contributed by atoms with E-state index in [0.29, 0.717) is 13.0 Å². The van der Waals surface area contributed by atoms with E-state index in [4.69, 9.17) is 24.3 Å². The lowest BCUT2D eigenvalue weighted by Crippen LogP contribution is -2.37. The number of nitrogens with two attached hydrogens (primary N) is 1. The Morgan fingerprint density at radius 1 is 0.796 bits per heavy atom. The number of aryl methyl sites for hydroxylation is 2. The van der Waals surface area contributed by atoms with Gasteiger partial charge in [-0.25, -0.2) is 24.1 Å². The number of hydrogen-bond acceptors (Lipinski definition) is 16. The molecule has 2 aliphatic heterocycles. The number of ether oxygens (including phenoxy) is 2. The fraction of sp³-hybridized carbons (Fsp3) is 0.774. The molecule has 0 amide bonds. The van der Waals surface area contributed by atoms with Gasteiger partial charge in [0.15, 0.2) is 35.7 Å². The lowest BCUT2D eigenvalue weighted by Gasteiger charge is -2.20. The monoisotopic (exact) mass is 807 g/mol. The van der Waals surface area contributed by atoms with E-state index in [1.54, 1.807) is 4.68 Å². The fourth-order valence-corrected chi connectivity index (χ4v) is 8.61. The van der Waals surface area contributed by atoms with Crippen molar-refractivity contribution in [2.75, 3.05) is 18.9 Å². The van der Waals surface area contributed by atoms with Crippen molar-refractivity contribution in [1.29, 1.82) is 0 Å². The third-order valence-corrected chi connectivity index (χ3v) is 12.1. The molecule has 2 aliphatic rings. The molecule has 0 radical (unpaired) electrons. The second-order valence-electron chi connectivity index (χ2n) is 13.5. The number of aromatic nitrogens is 7. The normalized spacial score (nSPS) is 28.1. The standard InChI is InChI=1S/C31H52N8O13P2/c1-3-5-6-7-8-9-10-11-12-13-14-20-15-37(4-2)36-39(20)31-27(43)25(41)22(51-31)17-49-54(46,47)52-53(44,45)48-16-21-24(40)26(42)30(50-21)38-19-35-23-28(32)33-18-34-29(23)38/h15,18-19,21-22,24-27,30-31,40-43H,3-14,16-17H2,1-2H3,(H3-,32,33,34,44,45,46,47)/p+1/t21-,22-,24-,25-,26-,27-,30-,31+/m1/s1. The molecule has 5 rings (SSSR count). The van der Waals surface area contributed by atoms with Gasteiger partial charge in [0.2, 0.25) is 0 Å². The summed E-state index contributed by atoms with van der Waals surface area (Å²) in [5.41, 5.74) is 6.97. The van der Waals surface area contributed by atoms with Gasteiger partial charge in [-0.1, -0.05) is 64.7 Å². The third kappa shape index (κ3) is 10.7. The van der Waals surface area contributed by atoms with Gasteiger partial charge in [0.25, 0.3) is 6.23 Å². The minimum absolute atomic E-state index is 0.0669. The topological polar surface area (TPSA) is 293 Å². The number of aliphatic hydroxyl groups excluding tert-OH is 4. The van der Waals surface area contributed by atoms with Crippen molar-refractivity contribution in [3.8, 4) is 0 Å². The first kappa shape index (κ1) is 42.6. The average Bonchev–Trinajstić information content (AvgIpc) is 3.88. The predicted molar refractivity (Wildman–Crippen MR) is 188 cm³/mol. The van der Waals surface area contributed by atoms with Crippen molar-refractivity contribution < 1.29 is 66.9 Å². The van der Waals surface area contributed by atoms with Gasteiger partial charge in [0, 0.05) is 6.42 Å². The Morgan fingerprint density at radius 2 is 1.35 bits per heavy atom. The SMILES string of the molecule is CCCCCCCCCCCCc1c[n+](CC)nn1[C@H]1O[C@H](COP(=O)(O)OP(=O)(O)OC[C@H]2O[C@@H](n3cnc4c(N)ncnc43)[C@H](O)[C@@H]2O)[C@@H](O)[C@H]1O. The van der Waals surface area contributed by atoms with Gasteiger partial charge in [-0.15, -0.1) is 9.36 Å². The first-order chi connectivity index (χ1) is 25.7. The van der Waals surface area contributed by atoms with E-state index in [1.807, 2.05) is 13.1 Å². The predicted octanol–water partition coefficient (Wildman–Crippen LogP) is 1.57. The van der Waals surface area contributed by atoms with Gasteiger partial charge >= 0.3 is 15.6 Å². The molecule has 0 spiro atoms. The fourth-order valence-electron chi connectivity index (χ4n) is 6.51. The summed E-state index contributed by atoms with van der Waals surface area (Å²) in [6.07, 6.45) is 5.25. The summed E-state index contributed by atoms with van der Waals surface area (Å²) < 4.78 is 55.3. The number of hydrogen-bond donors (Lipinski definition) is 7. The summed E-state index contributed by atoms with van der Waals surface area (Å²) in [6.45, 7) is 2.97. The molecule has 3 aromatic heterocycles. The van der Waals surface area contributed by atoms with Gasteiger partial charge in [0.1, 0.15) is 48.9 Å². The average molecular weight is 808 g/mol. The van der Waals surface area contributed by atoms with E-state index in [9.17, 15) is 39.3 Å². The Hall–Kier alpha value is -2.49. The molecule has 2 saturated heterocycles. The largest absolute Gasteiger partial charge is 0.481 e. The molecular weight excluding hydrogens is 754 g/mol. The second-order valence-corrected chi connectivity index (χ2v) is 16.6. The second kappa shape index (κ2) is 19.1. The summed E-state index contributed by atoms with van der Waals surface area (Å²) in [5.74, 6) is 0.0669. The van der Waals surface area contributed by atoms with E-state index >= 15 is 0 Å². The smallest absolute Gasteiger partial charge is 0.387 e. The highest BCUT2D eigenvalue weighted by Crippen LogP contribution is 2.60. The van der Waals surface area contributed by atoms with Crippen LogP contribution in [0.1, 0.15) is 96.2 Å². The third-order valence-electron chi connectivity index (χ3n) is 9.50. The molecule has 0 aliphatic carbocycles. The Balaban J connectivity index is 1.09. The Bertz CT molecular complexity index is 1750. The minimum atomic E-state index is -5.36. The molecule has 3 aromatic rings.